The number of hydrogen-bond donors (Lipinski definition) is 1. The molecule has 1 unspecified atom stereocenters. The third kappa shape index (κ3) is 3.36. The van der Waals surface area contributed by atoms with Gasteiger partial charge in [0.2, 0.25) is 0 Å². The summed E-state index contributed by atoms with van der Waals surface area (Å²) >= 11 is 5.85. The summed E-state index contributed by atoms with van der Waals surface area (Å²) in [6, 6.07) is 13.4. The molecule has 6 nitrogen and oxygen atoms in total. The van der Waals surface area contributed by atoms with E-state index in [9.17, 15) is 13.2 Å². The number of benzene rings is 2. The van der Waals surface area contributed by atoms with Crippen LogP contribution in [0.4, 0.5) is 0 Å². The number of carbonyl (C=O) groups excluding carboxylic acids is 1. The second kappa shape index (κ2) is 7.14. The van der Waals surface area contributed by atoms with Gasteiger partial charge in [0.15, 0.2) is 9.84 Å². The minimum Gasteiger partial charge on any atom is -0.497 e. The Labute approximate surface area is 168 Å². The highest BCUT2D eigenvalue weighted by Crippen LogP contribution is 2.27. The third-order valence-electron chi connectivity index (χ3n) is 5.07. The zero-order chi connectivity index (χ0) is 19.9. The van der Waals surface area contributed by atoms with E-state index in [1.807, 2.05) is 18.2 Å². The van der Waals surface area contributed by atoms with E-state index in [4.69, 9.17) is 16.3 Å². The van der Waals surface area contributed by atoms with Crippen LogP contribution in [0, 0.1) is 0 Å². The molecule has 1 atom stereocenters. The molecule has 0 spiro atoms. The molecule has 8 heteroatoms. The Hall–Kier alpha value is -2.51. The lowest BCUT2D eigenvalue weighted by Crippen LogP contribution is -2.32. The largest absolute Gasteiger partial charge is 0.497 e. The van der Waals surface area contributed by atoms with Crippen LogP contribution in [0.2, 0.25) is 5.02 Å². The van der Waals surface area contributed by atoms with Gasteiger partial charge in [-0.1, -0.05) is 11.6 Å². The number of H-pyrrole nitrogens is 1. The number of sulfone groups is 1. The predicted octanol–water partition coefficient (Wildman–Crippen LogP) is 3.52. The molecule has 3 aromatic rings. The zero-order valence-electron chi connectivity index (χ0n) is 15.2. The quantitative estimate of drug-likeness (QED) is 0.703. The van der Waals surface area contributed by atoms with Gasteiger partial charge in [0.1, 0.15) is 11.4 Å². The summed E-state index contributed by atoms with van der Waals surface area (Å²) in [7, 11) is -1.93. The van der Waals surface area contributed by atoms with Gasteiger partial charge in [-0.25, -0.2) is 8.42 Å². The normalized spacial score (nSPS) is 17.2. The maximum atomic E-state index is 12.9. The summed E-state index contributed by atoms with van der Waals surface area (Å²) in [6.45, 7) is 0.567. The van der Waals surface area contributed by atoms with Gasteiger partial charge in [-0.3, -0.25) is 4.79 Å². The summed E-state index contributed by atoms with van der Waals surface area (Å²) in [4.78, 5) is 17.8. The number of aromatic amines is 1. The van der Waals surface area contributed by atoms with Gasteiger partial charge < -0.3 is 14.6 Å². The predicted molar refractivity (Wildman–Crippen MR) is 108 cm³/mol. The molecule has 1 aromatic heterocycles. The summed E-state index contributed by atoms with van der Waals surface area (Å²) < 4.78 is 30.9. The summed E-state index contributed by atoms with van der Waals surface area (Å²) in [5, 5.41) is 0.758. The van der Waals surface area contributed by atoms with Crippen LogP contribution < -0.4 is 4.74 Å². The Bertz CT molecular complexity index is 1140. The monoisotopic (exact) mass is 418 g/mol. The number of nitrogens with one attached hydrogen (secondary N) is 1. The van der Waals surface area contributed by atoms with Crippen LogP contribution in [0.1, 0.15) is 16.9 Å². The van der Waals surface area contributed by atoms with E-state index >= 15 is 0 Å². The first-order chi connectivity index (χ1) is 13.4. The van der Waals surface area contributed by atoms with Crippen molar-refractivity contribution in [3.05, 3.63) is 59.2 Å². The van der Waals surface area contributed by atoms with Crippen molar-refractivity contribution in [3.8, 4) is 5.75 Å². The molecule has 28 heavy (non-hydrogen) atoms. The number of likely N-dealkylation sites (tertiary alicyclic amines) is 1. The molecule has 2 aromatic carbocycles. The minimum absolute atomic E-state index is 0.169. The van der Waals surface area contributed by atoms with E-state index in [0.717, 1.165) is 10.9 Å². The number of nitrogens with zero attached hydrogens (tertiary/aromatic N) is 1. The number of aromatic nitrogens is 1. The smallest absolute Gasteiger partial charge is 0.270 e. The molecule has 1 N–H and O–H groups in total. The molecule has 146 valence electrons. The number of amides is 1. The van der Waals surface area contributed by atoms with Crippen molar-refractivity contribution in [3.63, 3.8) is 0 Å². The average molecular weight is 419 g/mol. The third-order valence-corrected chi connectivity index (χ3v) is 7.52. The number of rotatable bonds is 4. The van der Waals surface area contributed by atoms with Crippen LogP contribution in [0.25, 0.3) is 10.9 Å². The van der Waals surface area contributed by atoms with Gasteiger partial charge in [-0.15, -0.1) is 0 Å². The van der Waals surface area contributed by atoms with E-state index in [0.29, 0.717) is 29.4 Å². The van der Waals surface area contributed by atoms with Gasteiger partial charge in [-0.2, -0.15) is 0 Å². The van der Waals surface area contributed by atoms with Crippen LogP contribution in [0.15, 0.2) is 53.4 Å². The molecular weight excluding hydrogens is 400 g/mol. The van der Waals surface area contributed by atoms with E-state index < -0.39 is 15.1 Å². The first kappa shape index (κ1) is 18.8. The Morgan fingerprint density at radius 1 is 1.18 bits per heavy atom. The first-order valence-corrected chi connectivity index (χ1v) is 10.8. The van der Waals surface area contributed by atoms with Gasteiger partial charge in [0.25, 0.3) is 5.91 Å². The Kier molecular flexibility index (Phi) is 4.81. The van der Waals surface area contributed by atoms with Crippen molar-refractivity contribution < 1.29 is 17.9 Å². The fraction of sp³-hybridized carbons (Fsp3) is 0.250. The summed E-state index contributed by atoms with van der Waals surface area (Å²) in [5.74, 6) is 0.493. The lowest BCUT2D eigenvalue weighted by Gasteiger charge is -2.16. The van der Waals surface area contributed by atoms with Crippen LogP contribution in [-0.2, 0) is 9.84 Å². The average Bonchev–Trinajstić information content (AvgIpc) is 3.34. The molecule has 0 saturated carbocycles. The number of halogens is 1. The van der Waals surface area contributed by atoms with Crippen molar-refractivity contribution in [2.45, 2.75) is 16.6 Å². The minimum atomic E-state index is -3.52. The topological polar surface area (TPSA) is 79.5 Å². The molecule has 1 saturated heterocycles. The van der Waals surface area contributed by atoms with Crippen molar-refractivity contribution >= 4 is 38.2 Å². The van der Waals surface area contributed by atoms with Crippen molar-refractivity contribution in [1.82, 2.24) is 9.88 Å². The van der Waals surface area contributed by atoms with Crippen LogP contribution in [0.5, 0.6) is 5.75 Å². The molecule has 1 amide bonds. The van der Waals surface area contributed by atoms with Gasteiger partial charge >= 0.3 is 0 Å². The zero-order valence-corrected chi connectivity index (χ0v) is 16.8. The maximum Gasteiger partial charge on any atom is 0.270 e. The number of carbonyl (C=O) groups is 1. The standard InChI is InChI=1S/C20H19ClN2O4S/c1-27-15-5-2-13-10-19(22-18(13)11-15)20(24)23-9-8-17(12-23)28(25,26)16-6-3-14(21)4-7-16/h2-7,10-11,17,22H,8-9,12H2,1H3. The van der Waals surface area contributed by atoms with Gasteiger partial charge in [0.05, 0.1) is 17.3 Å². The first-order valence-electron chi connectivity index (χ1n) is 8.84. The van der Waals surface area contributed by atoms with Crippen molar-refractivity contribution in [2.75, 3.05) is 20.2 Å². The molecule has 1 aliphatic rings. The second-order valence-electron chi connectivity index (χ2n) is 6.80. The number of ether oxygens (including phenoxy) is 1. The SMILES string of the molecule is COc1ccc2cc(C(=O)N3CCC(S(=O)(=O)c4ccc(Cl)cc4)C3)[nH]c2c1. The molecule has 0 radical (unpaired) electrons. The van der Waals surface area contributed by atoms with E-state index in [2.05, 4.69) is 4.98 Å². The summed E-state index contributed by atoms with van der Waals surface area (Å²) in [6.07, 6.45) is 0.407. The molecule has 0 bridgehead atoms. The Balaban J connectivity index is 1.53. The fourth-order valence-electron chi connectivity index (χ4n) is 3.50. The van der Waals surface area contributed by atoms with Crippen LogP contribution in [-0.4, -0.2) is 49.7 Å². The van der Waals surface area contributed by atoms with E-state index in [1.54, 1.807) is 30.2 Å². The lowest BCUT2D eigenvalue weighted by atomic mass is 10.2. The van der Waals surface area contributed by atoms with Gasteiger partial charge in [-0.05, 0) is 48.9 Å². The summed E-state index contributed by atoms with van der Waals surface area (Å²) in [5.41, 5.74) is 1.24. The molecular formula is C20H19ClN2O4S. The van der Waals surface area contributed by atoms with Gasteiger partial charge in [0, 0.05) is 35.1 Å². The molecule has 1 aliphatic heterocycles. The molecule has 4 rings (SSSR count). The highest BCUT2D eigenvalue weighted by atomic mass is 35.5. The highest BCUT2D eigenvalue weighted by molar-refractivity contribution is 7.92. The highest BCUT2D eigenvalue weighted by Gasteiger charge is 2.36. The molecule has 1 fully saturated rings. The maximum absolute atomic E-state index is 12.9. The van der Waals surface area contributed by atoms with Crippen LogP contribution in [0.3, 0.4) is 0 Å². The number of methoxy groups -OCH3 is 1. The number of fused-ring (bicyclic) bond motifs is 1. The van der Waals surface area contributed by atoms with Crippen molar-refractivity contribution in [1.29, 1.82) is 0 Å². The molecule has 2 heterocycles. The van der Waals surface area contributed by atoms with Crippen LogP contribution >= 0.6 is 11.6 Å². The number of hydrogen-bond acceptors (Lipinski definition) is 4. The Morgan fingerprint density at radius 3 is 2.64 bits per heavy atom. The van der Waals surface area contributed by atoms with Crippen molar-refractivity contribution in [2.24, 2.45) is 0 Å². The van der Waals surface area contributed by atoms with E-state index in [-0.39, 0.29) is 17.3 Å². The second-order valence-corrected chi connectivity index (χ2v) is 9.46. The molecule has 0 aliphatic carbocycles. The Morgan fingerprint density at radius 2 is 1.93 bits per heavy atom. The van der Waals surface area contributed by atoms with E-state index in [1.165, 1.54) is 12.1 Å². The fourth-order valence-corrected chi connectivity index (χ4v) is 5.32. The lowest BCUT2D eigenvalue weighted by molar-refractivity contribution is 0.0788.